The van der Waals surface area contributed by atoms with Crippen molar-refractivity contribution in [1.82, 2.24) is 5.32 Å². The van der Waals surface area contributed by atoms with Crippen molar-refractivity contribution < 1.29 is 4.39 Å². The van der Waals surface area contributed by atoms with Crippen LogP contribution in [0.25, 0.3) is 0 Å². The Labute approximate surface area is 73.7 Å². The van der Waals surface area contributed by atoms with Crippen LogP contribution in [0.1, 0.15) is 39.5 Å². The summed E-state index contributed by atoms with van der Waals surface area (Å²) in [6.45, 7) is 4.08. The molecule has 2 unspecified atom stereocenters. The fourth-order valence-electron chi connectivity index (χ4n) is 2.92. The van der Waals surface area contributed by atoms with Gasteiger partial charge in [0.05, 0.1) is 0 Å². The van der Waals surface area contributed by atoms with Crippen molar-refractivity contribution in [3.8, 4) is 0 Å². The van der Waals surface area contributed by atoms with Gasteiger partial charge in [-0.1, -0.05) is 6.92 Å². The first kappa shape index (κ1) is 8.49. The summed E-state index contributed by atoms with van der Waals surface area (Å²) in [6, 6.07) is 0.589. The highest BCUT2D eigenvalue weighted by atomic mass is 19.1. The Kier molecular flexibility index (Phi) is 1.90. The Balaban J connectivity index is 2.17. The van der Waals surface area contributed by atoms with Crippen molar-refractivity contribution in [1.29, 1.82) is 0 Å². The lowest BCUT2D eigenvalue weighted by atomic mass is 9.72. The van der Waals surface area contributed by atoms with Crippen molar-refractivity contribution >= 4 is 0 Å². The van der Waals surface area contributed by atoms with E-state index in [9.17, 15) is 4.39 Å². The zero-order valence-corrected chi connectivity index (χ0v) is 7.94. The molecule has 2 bridgehead atoms. The minimum absolute atomic E-state index is 0.208. The van der Waals surface area contributed by atoms with Crippen LogP contribution >= 0.6 is 0 Å². The van der Waals surface area contributed by atoms with Crippen LogP contribution in [0, 0.1) is 5.92 Å². The number of halogens is 1. The SMILES string of the molecule is CC1CC2CCC[C@](C)(N2)[C@@H]1F. The quantitative estimate of drug-likeness (QED) is 0.589. The summed E-state index contributed by atoms with van der Waals surface area (Å²) >= 11 is 0. The molecule has 2 aliphatic rings. The van der Waals surface area contributed by atoms with Gasteiger partial charge in [-0.15, -0.1) is 0 Å². The van der Waals surface area contributed by atoms with Gasteiger partial charge in [0.1, 0.15) is 6.17 Å². The van der Waals surface area contributed by atoms with E-state index in [1.54, 1.807) is 0 Å². The number of hydrogen-bond acceptors (Lipinski definition) is 1. The average molecular weight is 171 g/mol. The second-order valence-corrected chi connectivity index (χ2v) is 4.77. The number of hydrogen-bond donors (Lipinski definition) is 1. The number of nitrogens with one attached hydrogen (secondary N) is 1. The molecule has 2 heteroatoms. The Morgan fingerprint density at radius 3 is 3.00 bits per heavy atom. The summed E-state index contributed by atoms with van der Waals surface area (Å²) in [6.07, 6.45) is 3.83. The zero-order valence-electron chi connectivity index (χ0n) is 7.94. The number of rotatable bonds is 0. The van der Waals surface area contributed by atoms with Crippen molar-refractivity contribution in [2.75, 3.05) is 0 Å². The van der Waals surface area contributed by atoms with Gasteiger partial charge in [0, 0.05) is 11.6 Å². The topological polar surface area (TPSA) is 12.0 Å². The molecule has 2 fully saturated rings. The minimum Gasteiger partial charge on any atom is -0.306 e. The van der Waals surface area contributed by atoms with Gasteiger partial charge in [-0.05, 0) is 38.5 Å². The second-order valence-electron chi connectivity index (χ2n) is 4.77. The van der Waals surface area contributed by atoms with E-state index in [4.69, 9.17) is 0 Å². The molecule has 70 valence electrons. The predicted octanol–water partition coefficient (Wildman–Crippen LogP) is 2.27. The molecule has 0 saturated carbocycles. The third kappa shape index (κ3) is 1.17. The third-order valence-electron chi connectivity index (χ3n) is 3.55. The van der Waals surface area contributed by atoms with E-state index in [1.165, 1.54) is 12.8 Å². The number of fused-ring (bicyclic) bond motifs is 2. The van der Waals surface area contributed by atoms with Crippen molar-refractivity contribution in [2.24, 2.45) is 5.92 Å². The van der Waals surface area contributed by atoms with E-state index in [-0.39, 0.29) is 11.5 Å². The van der Waals surface area contributed by atoms with Crippen LogP contribution in [-0.4, -0.2) is 17.8 Å². The molecule has 0 aromatic heterocycles. The summed E-state index contributed by atoms with van der Waals surface area (Å²) < 4.78 is 13.8. The van der Waals surface area contributed by atoms with Gasteiger partial charge >= 0.3 is 0 Å². The molecule has 2 saturated heterocycles. The fourth-order valence-corrected chi connectivity index (χ4v) is 2.92. The van der Waals surface area contributed by atoms with Crippen LogP contribution in [0.2, 0.25) is 0 Å². The summed E-state index contributed by atoms with van der Waals surface area (Å²) in [5.74, 6) is 0.251. The maximum atomic E-state index is 13.8. The molecule has 12 heavy (non-hydrogen) atoms. The molecule has 4 atom stereocenters. The standard InChI is InChI=1S/C10H18FN/c1-7-6-8-4-3-5-10(2,12-8)9(7)11/h7-9,12H,3-6H2,1-2H3/t7?,8?,9-,10+/m1/s1. The molecule has 0 aliphatic carbocycles. The molecule has 0 spiro atoms. The monoisotopic (exact) mass is 171 g/mol. The van der Waals surface area contributed by atoms with Gasteiger partial charge in [-0.2, -0.15) is 0 Å². The summed E-state index contributed by atoms with van der Waals surface area (Å²) in [5, 5.41) is 3.43. The molecule has 0 radical (unpaired) electrons. The first-order valence-corrected chi connectivity index (χ1v) is 5.03. The van der Waals surface area contributed by atoms with Crippen LogP contribution in [0.15, 0.2) is 0 Å². The first-order chi connectivity index (χ1) is 5.62. The third-order valence-corrected chi connectivity index (χ3v) is 3.55. The number of piperidine rings is 2. The first-order valence-electron chi connectivity index (χ1n) is 5.03. The van der Waals surface area contributed by atoms with Crippen molar-refractivity contribution in [2.45, 2.75) is 57.3 Å². The van der Waals surface area contributed by atoms with Crippen molar-refractivity contribution in [3.05, 3.63) is 0 Å². The Hall–Kier alpha value is -0.110. The highest BCUT2D eigenvalue weighted by Crippen LogP contribution is 2.38. The van der Waals surface area contributed by atoms with Gasteiger partial charge in [-0.25, -0.2) is 4.39 Å². The van der Waals surface area contributed by atoms with Crippen LogP contribution in [0.3, 0.4) is 0 Å². The van der Waals surface area contributed by atoms with Gasteiger partial charge in [0.15, 0.2) is 0 Å². The largest absolute Gasteiger partial charge is 0.306 e. The lowest BCUT2D eigenvalue weighted by molar-refractivity contribution is 0.0186. The Bertz CT molecular complexity index is 183. The van der Waals surface area contributed by atoms with E-state index in [1.807, 2.05) is 13.8 Å². The molecule has 0 aromatic rings. The van der Waals surface area contributed by atoms with E-state index < -0.39 is 6.17 Å². The maximum absolute atomic E-state index is 13.8. The van der Waals surface area contributed by atoms with Crippen molar-refractivity contribution in [3.63, 3.8) is 0 Å². The maximum Gasteiger partial charge on any atom is 0.120 e. The van der Waals surface area contributed by atoms with Crippen LogP contribution in [0.4, 0.5) is 4.39 Å². The second kappa shape index (κ2) is 2.69. The highest BCUT2D eigenvalue weighted by Gasteiger charge is 2.45. The Morgan fingerprint density at radius 1 is 1.50 bits per heavy atom. The lowest BCUT2D eigenvalue weighted by Gasteiger charge is -2.49. The molecular weight excluding hydrogens is 153 g/mol. The fraction of sp³-hybridized carbons (Fsp3) is 1.00. The molecule has 2 aliphatic heterocycles. The molecule has 1 nitrogen and oxygen atoms in total. The van der Waals surface area contributed by atoms with Crippen LogP contribution in [-0.2, 0) is 0 Å². The smallest absolute Gasteiger partial charge is 0.120 e. The van der Waals surface area contributed by atoms with Crippen LogP contribution in [0.5, 0.6) is 0 Å². The summed E-state index contributed by atoms with van der Waals surface area (Å²) in [4.78, 5) is 0. The minimum atomic E-state index is -0.644. The normalized spacial score (nSPS) is 53.8. The predicted molar refractivity (Wildman–Crippen MR) is 47.9 cm³/mol. The summed E-state index contributed by atoms with van der Waals surface area (Å²) in [7, 11) is 0. The average Bonchev–Trinajstić information content (AvgIpc) is 2.01. The van der Waals surface area contributed by atoms with E-state index in [0.717, 1.165) is 12.8 Å². The molecule has 0 amide bonds. The molecular formula is C10H18FN. The number of alkyl halides is 1. The Morgan fingerprint density at radius 2 is 2.25 bits per heavy atom. The van der Waals surface area contributed by atoms with Gasteiger partial charge in [0.2, 0.25) is 0 Å². The molecule has 2 heterocycles. The lowest BCUT2D eigenvalue weighted by Crippen LogP contribution is -2.63. The summed E-state index contributed by atoms with van der Waals surface area (Å²) in [5.41, 5.74) is -0.208. The molecule has 2 rings (SSSR count). The zero-order chi connectivity index (χ0) is 8.77. The molecule has 1 N–H and O–H groups in total. The van der Waals surface area contributed by atoms with Crippen LogP contribution < -0.4 is 5.32 Å². The van der Waals surface area contributed by atoms with E-state index >= 15 is 0 Å². The van der Waals surface area contributed by atoms with Gasteiger partial charge in [-0.3, -0.25) is 0 Å². The highest BCUT2D eigenvalue weighted by molar-refractivity contribution is 5.03. The van der Waals surface area contributed by atoms with E-state index in [2.05, 4.69) is 5.32 Å². The van der Waals surface area contributed by atoms with Gasteiger partial charge in [0.25, 0.3) is 0 Å². The van der Waals surface area contributed by atoms with E-state index in [0.29, 0.717) is 6.04 Å². The molecule has 0 aromatic carbocycles. The van der Waals surface area contributed by atoms with Gasteiger partial charge < -0.3 is 5.32 Å².